The second-order valence-electron chi connectivity index (χ2n) is 5.58. The van der Waals surface area contributed by atoms with Gasteiger partial charge >= 0.3 is 6.09 Å². The Kier molecular flexibility index (Phi) is 4.94. The average Bonchev–Trinajstić information content (AvgIpc) is 2.80. The first-order chi connectivity index (χ1) is 10.8. The zero-order valence-corrected chi connectivity index (χ0v) is 14.3. The fourth-order valence-electron chi connectivity index (χ4n) is 2.54. The molecule has 0 spiro atoms. The van der Waals surface area contributed by atoms with Crippen LogP contribution in [0.2, 0.25) is 0 Å². The first kappa shape index (κ1) is 17.3. The third-order valence-electron chi connectivity index (χ3n) is 3.78. The highest BCUT2D eigenvalue weighted by molar-refractivity contribution is 7.89. The Bertz CT molecular complexity index is 734. The number of allylic oxidation sites excluding steroid dienone is 2. The molecule has 1 fully saturated rings. The lowest BCUT2D eigenvalue weighted by atomic mass is 10.0. The molecule has 2 rings (SSSR count). The third-order valence-corrected chi connectivity index (χ3v) is 5.54. The standard InChI is InChI=1S/C17H21NO4S/c1-5-6-7-13(3)16-14(4)22-17(19)18(16)23(20,21)15-10-8-12(2)9-11-15/h5-6,8-11,14,16H,3,7H2,1-2,4H3/b6-5+/t14-,16-/m0/s1. The van der Waals surface area contributed by atoms with E-state index in [0.717, 1.165) is 9.87 Å². The van der Waals surface area contributed by atoms with Crippen LogP contribution in [0.15, 0.2) is 53.5 Å². The van der Waals surface area contributed by atoms with Crippen molar-refractivity contribution in [1.82, 2.24) is 4.31 Å². The molecule has 0 radical (unpaired) electrons. The highest BCUT2D eigenvalue weighted by Gasteiger charge is 2.47. The number of ether oxygens (including phenoxy) is 1. The Balaban J connectivity index is 2.42. The van der Waals surface area contributed by atoms with Gasteiger partial charge in [-0.1, -0.05) is 36.4 Å². The van der Waals surface area contributed by atoms with Gasteiger partial charge in [-0.25, -0.2) is 13.2 Å². The van der Waals surface area contributed by atoms with Crippen molar-refractivity contribution >= 4 is 16.1 Å². The molecule has 1 aliphatic heterocycles. The van der Waals surface area contributed by atoms with E-state index in [0.29, 0.717) is 12.0 Å². The summed E-state index contributed by atoms with van der Waals surface area (Å²) in [5.74, 6) is 0. The quantitative estimate of drug-likeness (QED) is 0.774. The minimum atomic E-state index is -3.98. The molecule has 0 unspecified atom stereocenters. The normalized spacial score (nSPS) is 21.7. The van der Waals surface area contributed by atoms with Gasteiger partial charge in [-0.3, -0.25) is 0 Å². The minimum Gasteiger partial charge on any atom is -0.443 e. The smallest absolute Gasteiger partial charge is 0.424 e. The molecule has 0 N–H and O–H groups in total. The number of hydrogen-bond donors (Lipinski definition) is 0. The fourth-order valence-corrected chi connectivity index (χ4v) is 4.10. The number of carbonyl (C=O) groups excluding carboxylic acids is 1. The lowest BCUT2D eigenvalue weighted by Gasteiger charge is -2.24. The molecular formula is C17H21NO4S. The molecule has 2 atom stereocenters. The summed E-state index contributed by atoms with van der Waals surface area (Å²) in [5, 5.41) is 0. The Morgan fingerprint density at radius 1 is 1.35 bits per heavy atom. The van der Waals surface area contributed by atoms with Crippen LogP contribution in [0, 0.1) is 6.92 Å². The summed E-state index contributed by atoms with van der Waals surface area (Å²) in [6.07, 6.45) is 2.79. The van der Waals surface area contributed by atoms with E-state index in [1.807, 2.05) is 26.0 Å². The lowest BCUT2D eigenvalue weighted by Crippen LogP contribution is -2.41. The van der Waals surface area contributed by atoms with Crippen molar-refractivity contribution in [3.63, 3.8) is 0 Å². The molecule has 6 heteroatoms. The summed E-state index contributed by atoms with van der Waals surface area (Å²) in [6.45, 7) is 9.35. The number of rotatable bonds is 5. The van der Waals surface area contributed by atoms with Gasteiger partial charge in [0.15, 0.2) is 0 Å². The van der Waals surface area contributed by atoms with E-state index in [9.17, 15) is 13.2 Å². The van der Waals surface area contributed by atoms with Crippen molar-refractivity contribution < 1.29 is 17.9 Å². The number of benzene rings is 1. The largest absolute Gasteiger partial charge is 0.443 e. The topological polar surface area (TPSA) is 63.7 Å². The zero-order chi connectivity index (χ0) is 17.2. The molecule has 0 aliphatic carbocycles. The highest BCUT2D eigenvalue weighted by Crippen LogP contribution is 2.32. The van der Waals surface area contributed by atoms with E-state index in [2.05, 4.69) is 6.58 Å². The molecule has 1 saturated heterocycles. The van der Waals surface area contributed by atoms with Gasteiger partial charge in [0.05, 0.1) is 4.90 Å². The van der Waals surface area contributed by atoms with Crippen LogP contribution >= 0.6 is 0 Å². The summed E-state index contributed by atoms with van der Waals surface area (Å²) >= 11 is 0. The van der Waals surface area contributed by atoms with Gasteiger partial charge in [-0.05, 0) is 44.9 Å². The van der Waals surface area contributed by atoms with Gasteiger partial charge in [0.2, 0.25) is 0 Å². The number of nitrogens with zero attached hydrogens (tertiary/aromatic N) is 1. The van der Waals surface area contributed by atoms with Crippen molar-refractivity contribution in [1.29, 1.82) is 0 Å². The molecule has 1 heterocycles. The van der Waals surface area contributed by atoms with Crippen LogP contribution < -0.4 is 0 Å². The van der Waals surface area contributed by atoms with Crippen molar-refractivity contribution in [2.24, 2.45) is 0 Å². The second-order valence-corrected chi connectivity index (χ2v) is 7.39. The number of hydrogen-bond acceptors (Lipinski definition) is 4. The Labute approximate surface area is 137 Å². The second kappa shape index (κ2) is 6.58. The SMILES string of the molecule is C=C(C/C=C/C)[C@H]1[C@H](C)OC(=O)N1S(=O)(=O)c1ccc(C)cc1. The van der Waals surface area contributed by atoms with E-state index < -0.39 is 28.3 Å². The van der Waals surface area contributed by atoms with Gasteiger partial charge in [0.25, 0.3) is 10.0 Å². The monoisotopic (exact) mass is 335 g/mol. The minimum absolute atomic E-state index is 0.0676. The Morgan fingerprint density at radius 2 is 1.96 bits per heavy atom. The summed E-state index contributed by atoms with van der Waals surface area (Å²) in [4.78, 5) is 12.2. The summed E-state index contributed by atoms with van der Waals surface area (Å²) in [6, 6.07) is 5.67. The fraction of sp³-hybridized carbons (Fsp3) is 0.353. The number of cyclic esters (lactones) is 1. The van der Waals surface area contributed by atoms with Crippen molar-refractivity contribution in [3.05, 3.63) is 54.1 Å². The molecule has 1 aromatic rings. The number of carbonyl (C=O) groups is 1. The molecule has 0 saturated carbocycles. The van der Waals surface area contributed by atoms with Gasteiger partial charge in [0.1, 0.15) is 12.1 Å². The number of aryl methyl sites for hydroxylation is 1. The van der Waals surface area contributed by atoms with Crippen molar-refractivity contribution in [3.8, 4) is 0 Å². The van der Waals surface area contributed by atoms with Gasteiger partial charge < -0.3 is 4.74 Å². The number of amides is 1. The molecule has 23 heavy (non-hydrogen) atoms. The van der Waals surface area contributed by atoms with E-state index in [4.69, 9.17) is 4.74 Å². The van der Waals surface area contributed by atoms with E-state index in [1.54, 1.807) is 19.1 Å². The van der Waals surface area contributed by atoms with Crippen LogP contribution in [-0.4, -0.2) is 31.0 Å². The van der Waals surface area contributed by atoms with Crippen LogP contribution in [0.3, 0.4) is 0 Å². The molecule has 1 aliphatic rings. The van der Waals surface area contributed by atoms with E-state index >= 15 is 0 Å². The molecule has 5 nitrogen and oxygen atoms in total. The predicted octanol–water partition coefficient (Wildman–Crippen LogP) is 3.42. The molecule has 124 valence electrons. The molecule has 0 bridgehead atoms. The summed E-state index contributed by atoms with van der Waals surface area (Å²) < 4.78 is 31.7. The molecule has 0 aromatic heterocycles. The van der Waals surface area contributed by atoms with Crippen molar-refractivity contribution in [2.75, 3.05) is 0 Å². The maximum Gasteiger partial charge on any atom is 0.424 e. The van der Waals surface area contributed by atoms with Gasteiger partial charge in [0, 0.05) is 0 Å². The number of sulfonamides is 1. The first-order valence-corrected chi connectivity index (χ1v) is 8.83. The van der Waals surface area contributed by atoms with E-state index in [1.165, 1.54) is 12.1 Å². The molecule has 1 amide bonds. The van der Waals surface area contributed by atoms with Gasteiger partial charge in [-0.15, -0.1) is 0 Å². The van der Waals surface area contributed by atoms with E-state index in [-0.39, 0.29) is 4.90 Å². The zero-order valence-electron chi connectivity index (χ0n) is 13.5. The molecule has 1 aromatic carbocycles. The maximum atomic E-state index is 12.9. The van der Waals surface area contributed by atoms with Crippen molar-refractivity contribution in [2.45, 2.75) is 44.2 Å². The van der Waals surface area contributed by atoms with Gasteiger partial charge in [-0.2, -0.15) is 4.31 Å². The highest BCUT2D eigenvalue weighted by atomic mass is 32.2. The molecular weight excluding hydrogens is 314 g/mol. The Morgan fingerprint density at radius 3 is 2.52 bits per heavy atom. The van der Waals surface area contributed by atoms with Crippen LogP contribution in [0.4, 0.5) is 4.79 Å². The maximum absolute atomic E-state index is 12.9. The predicted molar refractivity (Wildman–Crippen MR) is 88.5 cm³/mol. The van der Waals surface area contributed by atoms with Crippen LogP contribution in [-0.2, 0) is 14.8 Å². The summed E-state index contributed by atoms with van der Waals surface area (Å²) in [7, 11) is -3.98. The van der Waals surface area contributed by atoms with Crippen LogP contribution in [0.5, 0.6) is 0 Å². The summed E-state index contributed by atoms with van der Waals surface area (Å²) in [5.41, 5.74) is 1.56. The lowest BCUT2D eigenvalue weighted by molar-refractivity contribution is 0.141. The van der Waals surface area contributed by atoms with Crippen LogP contribution in [0.25, 0.3) is 0 Å². The first-order valence-electron chi connectivity index (χ1n) is 7.39. The Hall–Kier alpha value is -2.08. The average molecular weight is 335 g/mol. The third kappa shape index (κ3) is 3.32. The van der Waals surface area contributed by atoms with Crippen LogP contribution in [0.1, 0.15) is 25.8 Å².